The van der Waals surface area contributed by atoms with Gasteiger partial charge in [0.25, 0.3) is 0 Å². The Morgan fingerprint density at radius 1 is 1.41 bits per heavy atom. The van der Waals surface area contributed by atoms with Gasteiger partial charge in [0.1, 0.15) is 24.6 Å². The average Bonchev–Trinajstić information content (AvgIpc) is 2.90. The number of rotatable bonds is 7. The van der Waals surface area contributed by atoms with Gasteiger partial charge in [-0.2, -0.15) is 0 Å². The van der Waals surface area contributed by atoms with Crippen molar-refractivity contribution >= 4 is 11.8 Å². The number of aryl methyl sites for hydroxylation is 1. The number of nitrogens with one attached hydrogen (secondary N) is 1. The van der Waals surface area contributed by atoms with Crippen molar-refractivity contribution in [2.45, 2.75) is 20.1 Å². The van der Waals surface area contributed by atoms with Crippen LogP contribution in [0.5, 0.6) is 5.75 Å². The molecule has 2 aromatic rings. The third kappa shape index (κ3) is 4.89. The fraction of sp³-hybridized carbons (Fsp3) is 0.286. The van der Waals surface area contributed by atoms with Crippen LogP contribution in [-0.4, -0.2) is 33.4 Å². The molecule has 0 spiro atoms. The Labute approximate surface area is 127 Å². The molecule has 1 heterocycles. The third-order valence-electron chi connectivity index (χ3n) is 2.73. The first-order valence-corrected chi connectivity index (χ1v) is 6.66. The summed E-state index contributed by atoms with van der Waals surface area (Å²) >= 11 is 0. The molecule has 0 saturated heterocycles. The van der Waals surface area contributed by atoms with Crippen molar-refractivity contribution in [3.63, 3.8) is 0 Å². The molecule has 0 atom stereocenters. The van der Waals surface area contributed by atoms with Gasteiger partial charge < -0.3 is 15.8 Å². The van der Waals surface area contributed by atoms with Crippen LogP contribution in [0.1, 0.15) is 11.3 Å². The van der Waals surface area contributed by atoms with E-state index in [1.807, 2.05) is 31.2 Å². The zero-order valence-corrected chi connectivity index (χ0v) is 12.2. The Balaban J connectivity index is 1.83. The lowest BCUT2D eigenvalue weighted by molar-refractivity contribution is -0.125. The summed E-state index contributed by atoms with van der Waals surface area (Å²) in [6.07, 6.45) is 1.61. The summed E-state index contributed by atoms with van der Waals surface area (Å²) in [5, 5.41) is 10.1. The maximum Gasteiger partial charge on any atom is 0.242 e. The molecule has 2 amide bonds. The van der Waals surface area contributed by atoms with Gasteiger partial charge in [0.2, 0.25) is 11.8 Å². The average molecular weight is 303 g/mol. The number of hydrogen-bond acceptors (Lipinski definition) is 5. The minimum atomic E-state index is -0.598. The summed E-state index contributed by atoms with van der Waals surface area (Å²) in [6, 6.07) is 7.66. The van der Waals surface area contributed by atoms with Crippen molar-refractivity contribution in [1.82, 2.24) is 20.3 Å². The second kappa shape index (κ2) is 7.21. The van der Waals surface area contributed by atoms with Crippen molar-refractivity contribution in [3.05, 3.63) is 41.7 Å². The lowest BCUT2D eigenvalue weighted by atomic mass is 10.2. The van der Waals surface area contributed by atoms with Crippen LogP contribution in [0.25, 0.3) is 0 Å². The predicted octanol–water partition coefficient (Wildman–Crippen LogP) is -0.233. The molecular weight excluding hydrogens is 286 g/mol. The summed E-state index contributed by atoms with van der Waals surface area (Å²) in [5.41, 5.74) is 6.64. The molecule has 0 aliphatic heterocycles. The largest absolute Gasteiger partial charge is 0.487 e. The highest BCUT2D eigenvalue weighted by Gasteiger charge is 2.07. The van der Waals surface area contributed by atoms with Crippen LogP contribution in [-0.2, 0) is 22.7 Å². The van der Waals surface area contributed by atoms with E-state index in [1.54, 1.807) is 6.20 Å². The van der Waals surface area contributed by atoms with Crippen molar-refractivity contribution < 1.29 is 14.3 Å². The van der Waals surface area contributed by atoms with Crippen molar-refractivity contribution in [3.8, 4) is 5.75 Å². The number of primary amides is 1. The van der Waals surface area contributed by atoms with Crippen LogP contribution in [0.4, 0.5) is 0 Å². The molecule has 0 bridgehead atoms. The van der Waals surface area contributed by atoms with Gasteiger partial charge in [0.05, 0.1) is 12.7 Å². The molecule has 0 aliphatic carbocycles. The molecule has 2 rings (SSSR count). The summed E-state index contributed by atoms with van der Waals surface area (Å²) in [4.78, 5) is 22.1. The van der Waals surface area contributed by atoms with Gasteiger partial charge in [0, 0.05) is 0 Å². The van der Waals surface area contributed by atoms with Crippen LogP contribution in [0.15, 0.2) is 30.5 Å². The number of ether oxygens (including phenoxy) is 1. The first-order chi connectivity index (χ1) is 10.5. The Bertz CT molecular complexity index is 668. The number of aromatic nitrogens is 3. The minimum Gasteiger partial charge on any atom is -0.487 e. The maximum atomic E-state index is 11.5. The van der Waals surface area contributed by atoms with Gasteiger partial charge in [-0.3, -0.25) is 9.59 Å². The highest BCUT2D eigenvalue weighted by molar-refractivity contribution is 5.83. The van der Waals surface area contributed by atoms with Gasteiger partial charge in [-0.05, 0) is 24.6 Å². The van der Waals surface area contributed by atoms with E-state index < -0.39 is 5.91 Å². The van der Waals surface area contributed by atoms with Crippen LogP contribution in [0, 0.1) is 6.92 Å². The molecule has 0 unspecified atom stereocenters. The SMILES string of the molecule is Cc1cccc(OCc2cn(CC(=O)NCC(N)=O)nn2)c1. The van der Waals surface area contributed by atoms with Crippen LogP contribution in [0.2, 0.25) is 0 Å². The zero-order valence-electron chi connectivity index (χ0n) is 12.2. The highest BCUT2D eigenvalue weighted by atomic mass is 16.5. The molecule has 3 N–H and O–H groups in total. The van der Waals surface area contributed by atoms with Gasteiger partial charge in [-0.15, -0.1) is 5.10 Å². The number of carbonyl (C=O) groups excluding carboxylic acids is 2. The summed E-state index contributed by atoms with van der Waals surface area (Å²) in [6.45, 7) is 2.00. The number of nitrogens with two attached hydrogens (primary N) is 1. The Kier molecular flexibility index (Phi) is 5.07. The lowest BCUT2D eigenvalue weighted by Crippen LogP contribution is -2.35. The van der Waals surface area contributed by atoms with E-state index in [2.05, 4.69) is 15.6 Å². The molecule has 0 fully saturated rings. The van der Waals surface area contributed by atoms with Crippen molar-refractivity contribution in [2.24, 2.45) is 5.73 Å². The van der Waals surface area contributed by atoms with E-state index in [0.717, 1.165) is 11.3 Å². The maximum absolute atomic E-state index is 11.5. The quantitative estimate of drug-likeness (QED) is 0.733. The van der Waals surface area contributed by atoms with E-state index in [0.29, 0.717) is 5.69 Å². The van der Waals surface area contributed by atoms with Crippen LogP contribution < -0.4 is 15.8 Å². The predicted molar refractivity (Wildman–Crippen MR) is 77.7 cm³/mol. The molecule has 8 heteroatoms. The summed E-state index contributed by atoms with van der Waals surface area (Å²) in [7, 11) is 0. The van der Waals surface area contributed by atoms with Gasteiger partial charge in [0.15, 0.2) is 0 Å². The van der Waals surface area contributed by atoms with E-state index >= 15 is 0 Å². The summed E-state index contributed by atoms with van der Waals surface area (Å²) < 4.78 is 6.96. The van der Waals surface area contributed by atoms with Crippen molar-refractivity contribution in [2.75, 3.05) is 6.54 Å². The topological polar surface area (TPSA) is 112 Å². The Hall–Kier alpha value is -2.90. The monoisotopic (exact) mass is 303 g/mol. The number of amides is 2. The second-order valence-corrected chi connectivity index (χ2v) is 4.76. The third-order valence-corrected chi connectivity index (χ3v) is 2.73. The van der Waals surface area contributed by atoms with E-state index in [9.17, 15) is 9.59 Å². The highest BCUT2D eigenvalue weighted by Crippen LogP contribution is 2.13. The molecule has 22 heavy (non-hydrogen) atoms. The van der Waals surface area contributed by atoms with E-state index in [1.165, 1.54) is 4.68 Å². The first kappa shape index (κ1) is 15.5. The van der Waals surface area contributed by atoms with Crippen LogP contribution >= 0.6 is 0 Å². The Morgan fingerprint density at radius 3 is 2.95 bits per heavy atom. The zero-order chi connectivity index (χ0) is 15.9. The molecule has 0 radical (unpaired) electrons. The normalized spacial score (nSPS) is 10.2. The summed E-state index contributed by atoms with van der Waals surface area (Å²) in [5.74, 6) is -0.220. The molecule has 1 aromatic carbocycles. The smallest absolute Gasteiger partial charge is 0.242 e. The second-order valence-electron chi connectivity index (χ2n) is 4.76. The van der Waals surface area contributed by atoms with Gasteiger partial charge in [-0.25, -0.2) is 4.68 Å². The Morgan fingerprint density at radius 2 is 2.23 bits per heavy atom. The number of hydrogen-bond donors (Lipinski definition) is 2. The molecule has 8 nitrogen and oxygen atoms in total. The molecule has 116 valence electrons. The number of carbonyl (C=O) groups is 2. The van der Waals surface area contributed by atoms with Gasteiger partial charge in [-0.1, -0.05) is 17.3 Å². The molecule has 0 saturated carbocycles. The van der Waals surface area contributed by atoms with Crippen molar-refractivity contribution in [1.29, 1.82) is 0 Å². The standard InChI is InChI=1S/C14H17N5O3/c1-10-3-2-4-12(5-10)22-9-11-7-19(18-17-11)8-14(21)16-6-13(15)20/h2-5,7H,6,8-9H2,1H3,(H2,15,20)(H,16,21). The van der Waals surface area contributed by atoms with Crippen LogP contribution in [0.3, 0.4) is 0 Å². The lowest BCUT2D eigenvalue weighted by Gasteiger charge is -2.04. The first-order valence-electron chi connectivity index (χ1n) is 6.66. The van der Waals surface area contributed by atoms with E-state index in [-0.39, 0.29) is 25.6 Å². The molecular formula is C14H17N5O3. The fourth-order valence-corrected chi connectivity index (χ4v) is 1.73. The fourth-order valence-electron chi connectivity index (χ4n) is 1.73. The minimum absolute atomic E-state index is 0.0370. The molecule has 0 aliphatic rings. The number of benzene rings is 1. The number of nitrogens with zero attached hydrogens (tertiary/aromatic N) is 3. The molecule has 1 aromatic heterocycles. The van der Waals surface area contributed by atoms with E-state index in [4.69, 9.17) is 10.5 Å². The van der Waals surface area contributed by atoms with Gasteiger partial charge >= 0.3 is 0 Å².